The van der Waals surface area contributed by atoms with Crippen molar-refractivity contribution in [1.29, 1.82) is 0 Å². The molecular formula is C21H26N2O5Si. The number of nitrogens with zero attached hydrogens (tertiary/aromatic N) is 2. The number of pyridine rings is 1. The maximum Gasteiger partial charge on any atom is 0.371 e. The molecule has 0 aromatic carbocycles. The van der Waals surface area contributed by atoms with Gasteiger partial charge in [0.1, 0.15) is 18.3 Å². The van der Waals surface area contributed by atoms with E-state index in [1.54, 1.807) is 17.2 Å². The predicted molar refractivity (Wildman–Crippen MR) is 110 cm³/mol. The van der Waals surface area contributed by atoms with Gasteiger partial charge in [-0.1, -0.05) is 25.7 Å². The number of aromatic nitrogens is 1. The summed E-state index contributed by atoms with van der Waals surface area (Å²) in [6, 6.07) is 6.38. The highest BCUT2D eigenvalue weighted by Gasteiger charge is 2.53. The fraction of sp³-hybridized carbons (Fsp3) is 0.476. The Bertz CT molecular complexity index is 964. The minimum atomic E-state index is -1.21. The molecule has 2 aromatic heterocycles. The molecule has 0 saturated heterocycles. The maximum atomic E-state index is 13.5. The standard InChI is InChI=1S/C21H26N2O5Si/c1-29(2,3)10-9-27-13-23-18-15(5-4-8-22-18)21(20(23)26)7-6-16-14(12-21)11-17(28-16)19(24)25/h4-5,8,11H,6-7,9-10,12-13H2,1-3H3,(H,24,25)/t21-/m0/s1. The van der Waals surface area contributed by atoms with Gasteiger partial charge in [-0.2, -0.15) is 0 Å². The second-order valence-corrected chi connectivity index (χ2v) is 14.7. The molecule has 1 atom stereocenters. The summed E-state index contributed by atoms with van der Waals surface area (Å²) in [5.41, 5.74) is 0.944. The van der Waals surface area contributed by atoms with Gasteiger partial charge >= 0.3 is 5.97 Å². The molecule has 154 valence electrons. The van der Waals surface area contributed by atoms with Gasteiger partial charge in [0.2, 0.25) is 11.7 Å². The highest BCUT2D eigenvalue weighted by atomic mass is 28.3. The normalized spacial score (nSPS) is 20.8. The second-order valence-electron chi connectivity index (χ2n) is 9.08. The van der Waals surface area contributed by atoms with Gasteiger partial charge in [0.25, 0.3) is 0 Å². The van der Waals surface area contributed by atoms with Gasteiger partial charge in [-0.05, 0) is 36.6 Å². The van der Waals surface area contributed by atoms with E-state index in [9.17, 15) is 14.7 Å². The number of aryl methyl sites for hydroxylation is 1. The predicted octanol–water partition coefficient (Wildman–Crippen LogP) is 3.46. The van der Waals surface area contributed by atoms with Crippen LogP contribution in [0, 0.1) is 0 Å². The highest BCUT2D eigenvalue weighted by molar-refractivity contribution is 6.76. The summed E-state index contributed by atoms with van der Waals surface area (Å²) in [6.45, 7) is 7.69. The van der Waals surface area contributed by atoms with Crippen LogP contribution in [-0.2, 0) is 27.8 Å². The summed E-state index contributed by atoms with van der Waals surface area (Å²) in [7, 11) is -1.21. The zero-order valence-electron chi connectivity index (χ0n) is 17.0. The number of fused-ring (bicyclic) bond motifs is 3. The fourth-order valence-corrected chi connectivity index (χ4v) is 4.95. The van der Waals surface area contributed by atoms with Crippen molar-refractivity contribution in [2.24, 2.45) is 0 Å². The van der Waals surface area contributed by atoms with Gasteiger partial charge in [-0.25, -0.2) is 9.78 Å². The zero-order chi connectivity index (χ0) is 20.8. The van der Waals surface area contributed by atoms with E-state index in [-0.39, 0.29) is 18.4 Å². The Morgan fingerprint density at radius 2 is 2.21 bits per heavy atom. The number of anilines is 1. The van der Waals surface area contributed by atoms with Crippen molar-refractivity contribution < 1.29 is 23.8 Å². The summed E-state index contributed by atoms with van der Waals surface area (Å²) < 4.78 is 11.3. The van der Waals surface area contributed by atoms with E-state index in [2.05, 4.69) is 24.6 Å². The van der Waals surface area contributed by atoms with Crippen LogP contribution in [-0.4, -0.2) is 43.4 Å². The number of carboxylic acids is 1. The van der Waals surface area contributed by atoms with Gasteiger partial charge in [0.15, 0.2) is 0 Å². The molecule has 0 fully saturated rings. The first-order valence-electron chi connectivity index (χ1n) is 9.91. The van der Waals surface area contributed by atoms with Crippen molar-refractivity contribution in [3.63, 3.8) is 0 Å². The van der Waals surface area contributed by atoms with Crippen LogP contribution >= 0.6 is 0 Å². The molecule has 7 nitrogen and oxygen atoms in total. The SMILES string of the molecule is C[Si](C)(C)CCOCN1C(=O)[C@]2(CCc3oc(C(=O)O)cc3C2)c2cccnc21. The van der Waals surface area contributed by atoms with Crippen LogP contribution in [0.25, 0.3) is 0 Å². The summed E-state index contributed by atoms with van der Waals surface area (Å²) in [4.78, 5) is 30.9. The molecule has 0 saturated carbocycles. The third-order valence-corrected chi connectivity index (χ3v) is 7.51. The van der Waals surface area contributed by atoms with E-state index in [0.29, 0.717) is 37.4 Å². The number of rotatable bonds is 6. The maximum absolute atomic E-state index is 13.5. The van der Waals surface area contributed by atoms with Crippen LogP contribution in [0.2, 0.25) is 25.7 Å². The number of carboxylic acid groups (broad SMARTS) is 1. The molecule has 0 unspecified atom stereocenters. The van der Waals surface area contributed by atoms with Crippen molar-refractivity contribution in [2.45, 2.75) is 50.4 Å². The number of aromatic carboxylic acids is 1. The molecule has 0 bridgehead atoms. The van der Waals surface area contributed by atoms with Crippen molar-refractivity contribution >= 4 is 25.8 Å². The van der Waals surface area contributed by atoms with Crippen LogP contribution in [0.3, 0.4) is 0 Å². The molecule has 2 aliphatic rings. The molecule has 8 heteroatoms. The first-order valence-corrected chi connectivity index (χ1v) is 13.6. The third-order valence-electron chi connectivity index (χ3n) is 5.81. The minimum absolute atomic E-state index is 0.0251. The summed E-state index contributed by atoms with van der Waals surface area (Å²) >= 11 is 0. The Kier molecular flexibility index (Phi) is 4.86. The van der Waals surface area contributed by atoms with Crippen molar-refractivity contribution in [2.75, 3.05) is 18.2 Å². The highest BCUT2D eigenvalue weighted by Crippen LogP contribution is 2.48. The smallest absolute Gasteiger partial charge is 0.371 e. The first-order chi connectivity index (χ1) is 13.7. The Balaban J connectivity index is 1.60. The van der Waals surface area contributed by atoms with Gasteiger partial charge in [-0.15, -0.1) is 0 Å². The van der Waals surface area contributed by atoms with Crippen LogP contribution in [0.5, 0.6) is 0 Å². The average Bonchev–Trinajstić information content (AvgIpc) is 3.18. The Hall–Kier alpha value is -2.45. The minimum Gasteiger partial charge on any atom is -0.475 e. The fourth-order valence-electron chi connectivity index (χ4n) is 4.20. The molecule has 4 rings (SSSR count). The monoisotopic (exact) mass is 414 g/mol. The van der Waals surface area contributed by atoms with E-state index < -0.39 is 19.5 Å². The summed E-state index contributed by atoms with van der Waals surface area (Å²) in [6.07, 6.45) is 3.19. The van der Waals surface area contributed by atoms with E-state index >= 15 is 0 Å². The quantitative estimate of drug-likeness (QED) is 0.575. The molecule has 1 N–H and O–H groups in total. The molecule has 2 aromatic rings. The van der Waals surface area contributed by atoms with Gasteiger partial charge in [0.05, 0.1) is 5.41 Å². The van der Waals surface area contributed by atoms with Crippen LogP contribution in [0.4, 0.5) is 5.82 Å². The number of hydrogen-bond donors (Lipinski definition) is 1. The van der Waals surface area contributed by atoms with Gasteiger partial charge in [0, 0.05) is 32.9 Å². The third kappa shape index (κ3) is 3.51. The Labute approximate surface area is 170 Å². The number of hydrogen-bond acceptors (Lipinski definition) is 5. The number of furan rings is 1. The largest absolute Gasteiger partial charge is 0.475 e. The Morgan fingerprint density at radius 1 is 1.41 bits per heavy atom. The Morgan fingerprint density at radius 3 is 2.93 bits per heavy atom. The zero-order valence-corrected chi connectivity index (χ0v) is 18.0. The molecule has 3 heterocycles. The van der Waals surface area contributed by atoms with E-state index in [1.165, 1.54) is 0 Å². The van der Waals surface area contributed by atoms with E-state index in [1.807, 2.05) is 12.1 Å². The van der Waals surface area contributed by atoms with Gasteiger partial charge < -0.3 is 14.3 Å². The van der Waals surface area contributed by atoms with Gasteiger partial charge in [-0.3, -0.25) is 9.69 Å². The van der Waals surface area contributed by atoms with Crippen LogP contribution in [0.1, 0.15) is 33.9 Å². The van der Waals surface area contributed by atoms with E-state index in [4.69, 9.17) is 9.15 Å². The van der Waals surface area contributed by atoms with E-state index in [0.717, 1.165) is 17.2 Å². The molecule has 1 amide bonds. The van der Waals surface area contributed by atoms with Crippen molar-refractivity contribution in [3.8, 4) is 0 Å². The molecular weight excluding hydrogens is 388 g/mol. The lowest BCUT2D eigenvalue weighted by Gasteiger charge is -2.31. The lowest BCUT2D eigenvalue weighted by molar-refractivity contribution is -0.124. The summed E-state index contributed by atoms with van der Waals surface area (Å²) in [5.74, 6) is 0.121. The number of ether oxygens (including phenoxy) is 1. The average molecular weight is 415 g/mol. The number of carbonyl (C=O) groups is 2. The lowest BCUT2D eigenvalue weighted by Crippen LogP contribution is -2.44. The topological polar surface area (TPSA) is 92.9 Å². The molecule has 1 aliphatic heterocycles. The molecule has 0 radical (unpaired) electrons. The molecule has 29 heavy (non-hydrogen) atoms. The molecule has 1 aliphatic carbocycles. The molecule has 1 spiro atoms. The van der Waals surface area contributed by atoms with Crippen molar-refractivity contribution in [3.05, 3.63) is 47.0 Å². The first kappa shape index (κ1) is 19.8. The van der Waals surface area contributed by atoms with Crippen molar-refractivity contribution in [1.82, 2.24) is 4.98 Å². The lowest BCUT2D eigenvalue weighted by atomic mass is 9.70. The van der Waals surface area contributed by atoms with Crippen LogP contribution < -0.4 is 4.90 Å². The number of amides is 1. The number of carbonyl (C=O) groups excluding carboxylic acids is 1. The summed E-state index contributed by atoms with van der Waals surface area (Å²) in [5, 5.41) is 9.23. The van der Waals surface area contributed by atoms with Crippen LogP contribution in [0.15, 0.2) is 28.8 Å². The second kappa shape index (κ2) is 7.10.